The lowest BCUT2D eigenvalue weighted by atomic mass is 10.1. The maximum absolute atomic E-state index is 11.8. The molecule has 100 valence electrons. The molecule has 2 heterocycles. The third kappa shape index (κ3) is 2.75. The van der Waals surface area contributed by atoms with E-state index < -0.39 is 12.1 Å². The van der Waals surface area contributed by atoms with Crippen molar-refractivity contribution in [3.05, 3.63) is 0 Å². The molecule has 8 heteroatoms. The molecule has 0 spiro atoms. The van der Waals surface area contributed by atoms with Crippen LogP contribution in [-0.2, 0) is 14.3 Å². The number of carbonyl (C=O) groups excluding carboxylic acids is 2. The summed E-state index contributed by atoms with van der Waals surface area (Å²) in [6.45, 7) is 2.08. The first-order chi connectivity index (χ1) is 8.61. The number of aliphatic imine (C=N–C) groups is 1. The molecule has 0 saturated carbocycles. The van der Waals surface area contributed by atoms with Gasteiger partial charge in [-0.1, -0.05) is 0 Å². The monoisotopic (exact) mass is 272 g/mol. The van der Waals surface area contributed by atoms with Crippen molar-refractivity contribution in [1.82, 2.24) is 10.6 Å². The summed E-state index contributed by atoms with van der Waals surface area (Å²) in [5.41, 5.74) is 5.51. The van der Waals surface area contributed by atoms with Crippen LogP contribution in [0.3, 0.4) is 0 Å². The highest BCUT2D eigenvalue weighted by molar-refractivity contribution is 8.00. The maximum Gasteiger partial charge on any atom is 0.323 e. The number of hydrogen-bond donors (Lipinski definition) is 3. The standard InChI is InChI=1S/C10H16N4O3S/c1-2-17-9(16)5-3-4-18-8-6(12-5)7(15)13-10(11)14-8/h5-6,8,12H,2-4H2,1H3,(H3,11,13,14,15). The second-order valence-corrected chi connectivity index (χ2v) is 5.23. The number of guanidine groups is 1. The fraction of sp³-hybridized carbons (Fsp3) is 0.700. The number of fused-ring (bicyclic) bond motifs is 1. The van der Waals surface area contributed by atoms with Crippen LogP contribution in [-0.4, -0.2) is 47.7 Å². The minimum atomic E-state index is -0.542. The molecule has 1 saturated heterocycles. The molecule has 3 atom stereocenters. The molecule has 0 aromatic heterocycles. The van der Waals surface area contributed by atoms with Gasteiger partial charge >= 0.3 is 5.97 Å². The zero-order valence-corrected chi connectivity index (χ0v) is 10.8. The zero-order chi connectivity index (χ0) is 13.1. The number of amides is 1. The van der Waals surface area contributed by atoms with Crippen LogP contribution in [0.1, 0.15) is 13.3 Å². The van der Waals surface area contributed by atoms with Gasteiger partial charge in [-0.05, 0) is 19.1 Å². The van der Waals surface area contributed by atoms with E-state index in [2.05, 4.69) is 15.6 Å². The van der Waals surface area contributed by atoms with Crippen molar-refractivity contribution in [3.8, 4) is 0 Å². The molecule has 0 aromatic carbocycles. The highest BCUT2D eigenvalue weighted by atomic mass is 32.2. The van der Waals surface area contributed by atoms with Crippen LogP contribution < -0.4 is 16.4 Å². The first kappa shape index (κ1) is 13.2. The van der Waals surface area contributed by atoms with Gasteiger partial charge in [0.25, 0.3) is 0 Å². The first-order valence-electron chi connectivity index (χ1n) is 5.80. The van der Waals surface area contributed by atoms with E-state index in [0.717, 1.165) is 5.75 Å². The van der Waals surface area contributed by atoms with Crippen molar-refractivity contribution in [2.45, 2.75) is 30.8 Å². The molecule has 2 aliphatic heterocycles. The van der Waals surface area contributed by atoms with Gasteiger partial charge in [-0.25, -0.2) is 4.99 Å². The number of ether oxygens (including phenoxy) is 1. The average molecular weight is 272 g/mol. The first-order valence-corrected chi connectivity index (χ1v) is 6.85. The quantitative estimate of drug-likeness (QED) is 0.544. The molecular weight excluding hydrogens is 256 g/mol. The molecule has 1 fully saturated rings. The summed E-state index contributed by atoms with van der Waals surface area (Å²) in [6.07, 6.45) is 0.610. The molecule has 4 N–H and O–H groups in total. The van der Waals surface area contributed by atoms with E-state index in [0.29, 0.717) is 13.0 Å². The molecule has 0 bridgehead atoms. The molecule has 2 aliphatic rings. The Morgan fingerprint density at radius 2 is 2.44 bits per heavy atom. The molecule has 18 heavy (non-hydrogen) atoms. The van der Waals surface area contributed by atoms with E-state index in [1.807, 2.05) is 0 Å². The van der Waals surface area contributed by atoms with Crippen LogP contribution in [0.25, 0.3) is 0 Å². The van der Waals surface area contributed by atoms with E-state index >= 15 is 0 Å². The van der Waals surface area contributed by atoms with Crippen LogP contribution in [0, 0.1) is 0 Å². The van der Waals surface area contributed by atoms with Gasteiger partial charge in [0.15, 0.2) is 5.96 Å². The molecule has 0 aliphatic carbocycles. The second-order valence-electron chi connectivity index (χ2n) is 4.00. The number of carbonyl (C=O) groups is 2. The van der Waals surface area contributed by atoms with Crippen molar-refractivity contribution in [3.63, 3.8) is 0 Å². The summed E-state index contributed by atoms with van der Waals surface area (Å²) >= 11 is 1.52. The highest BCUT2D eigenvalue weighted by Gasteiger charge is 2.38. The Balaban J connectivity index is 2.10. The van der Waals surface area contributed by atoms with Gasteiger partial charge in [0.05, 0.1) is 6.61 Å². The summed E-state index contributed by atoms with van der Waals surface area (Å²) in [4.78, 5) is 27.7. The predicted molar refractivity (Wildman–Crippen MR) is 68.0 cm³/mol. The molecule has 0 radical (unpaired) electrons. The smallest absolute Gasteiger partial charge is 0.323 e. The number of thioether (sulfide) groups is 1. The number of nitrogens with zero attached hydrogens (tertiary/aromatic N) is 1. The third-order valence-corrected chi connectivity index (χ3v) is 3.92. The summed E-state index contributed by atoms with van der Waals surface area (Å²) in [6, 6.07) is -1.01. The van der Waals surface area contributed by atoms with E-state index in [4.69, 9.17) is 10.5 Å². The normalized spacial score (nSPS) is 31.7. The van der Waals surface area contributed by atoms with Gasteiger partial charge in [0.2, 0.25) is 5.91 Å². The number of rotatable bonds is 2. The van der Waals surface area contributed by atoms with Crippen molar-refractivity contribution >= 4 is 29.6 Å². The number of esters is 1. The molecule has 1 amide bonds. The summed E-state index contributed by atoms with van der Waals surface area (Å²) in [5.74, 6) is 0.275. The third-order valence-electron chi connectivity index (χ3n) is 2.73. The Morgan fingerprint density at radius 1 is 1.67 bits per heavy atom. The van der Waals surface area contributed by atoms with Gasteiger partial charge in [-0.15, -0.1) is 11.8 Å². The van der Waals surface area contributed by atoms with E-state index in [1.54, 1.807) is 6.92 Å². The fourth-order valence-electron chi connectivity index (χ4n) is 1.90. The van der Waals surface area contributed by atoms with Crippen LogP contribution >= 0.6 is 11.8 Å². The molecule has 0 aromatic rings. The Bertz CT molecular complexity index is 387. The minimum absolute atomic E-state index is 0.130. The van der Waals surface area contributed by atoms with E-state index in [-0.39, 0.29) is 23.2 Å². The Labute approximate surface area is 109 Å². The van der Waals surface area contributed by atoms with E-state index in [1.165, 1.54) is 11.8 Å². The maximum atomic E-state index is 11.8. The van der Waals surface area contributed by atoms with Crippen molar-refractivity contribution in [2.24, 2.45) is 10.7 Å². The molecule has 7 nitrogen and oxygen atoms in total. The summed E-state index contributed by atoms with van der Waals surface area (Å²) < 4.78 is 4.97. The fourth-order valence-corrected chi connectivity index (χ4v) is 3.10. The van der Waals surface area contributed by atoms with Crippen LogP contribution in [0.15, 0.2) is 4.99 Å². The second kappa shape index (κ2) is 5.57. The Hall–Kier alpha value is -1.28. The summed E-state index contributed by atoms with van der Waals surface area (Å²) in [5, 5.41) is 5.18. The van der Waals surface area contributed by atoms with Gasteiger partial charge in [-0.2, -0.15) is 0 Å². The zero-order valence-electron chi connectivity index (χ0n) is 10.0. The van der Waals surface area contributed by atoms with Crippen LogP contribution in [0.2, 0.25) is 0 Å². The Morgan fingerprint density at radius 3 is 3.17 bits per heavy atom. The van der Waals surface area contributed by atoms with Gasteiger partial charge < -0.3 is 10.5 Å². The average Bonchev–Trinajstić information content (AvgIpc) is 2.51. The van der Waals surface area contributed by atoms with Gasteiger partial charge in [0, 0.05) is 0 Å². The Kier molecular flexibility index (Phi) is 4.07. The number of nitrogens with one attached hydrogen (secondary N) is 2. The predicted octanol–water partition coefficient (Wildman–Crippen LogP) is -1.22. The molecule has 2 rings (SSSR count). The SMILES string of the molecule is CCOC(=O)C1CCSC2N=C(N)NC(=O)C2N1. The van der Waals surface area contributed by atoms with Crippen molar-refractivity contribution < 1.29 is 14.3 Å². The largest absolute Gasteiger partial charge is 0.465 e. The van der Waals surface area contributed by atoms with Crippen molar-refractivity contribution in [2.75, 3.05) is 12.4 Å². The number of nitrogens with two attached hydrogens (primary N) is 1. The van der Waals surface area contributed by atoms with Crippen molar-refractivity contribution in [1.29, 1.82) is 0 Å². The lowest BCUT2D eigenvalue weighted by Crippen LogP contribution is -2.59. The van der Waals surface area contributed by atoms with Crippen LogP contribution in [0.5, 0.6) is 0 Å². The lowest BCUT2D eigenvalue weighted by Gasteiger charge is -2.27. The molecule has 3 unspecified atom stereocenters. The highest BCUT2D eigenvalue weighted by Crippen LogP contribution is 2.24. The summed E-state index contributed by atoms with van der Waals surface area (Å²) in [7, 11) is 0. The van der Waals surface area contributed by atoms with Gasteiger partial charge in [0.1, 0.15) is 17.5 Å². The minimum Gasteiger partial charge on any atom is -0.465 e. The lowest BCUT2D eigenvalue weighted by molar-refractivity contribution is -0.146. The van der Waals surface area contributed by atoms with E-state index in [9.17, 15) is 9.59 Å². The molecular formula is C10H16N4O3S. The van der Waals surface area contributed by atoms with Crippen LogP contribution in [0.4, 0.5) is 0 Å². The topological polar surface area (TPSA) is 106 Å². The van der Waals surface area contributed by atoms with Gasteiger partial charge in [-0.3, -0.25) is 20.2 Å². The number of hydrogen-bond acceptors (Lipinski definition) is 7.